The van der Waals surface area contributed by atoms with E-state index in [0.29, 0.717) is 47.3 Å². The molecule has 9 nitrogen and oxygen atoms in total. The Morgan fingerprint density at radius 2 is 1.94 bits per heavy atom. The van der Waals surface area contributed by atoms with Crippen LogP contribution in [0.2, 0.25) is 0 Å². The van der Waals surface area contributed by atoms with E-state index in [0.717, 1.165) is 46.0 Å². The van der Waals surface area contributed by atoms with Gasteiger partial charge in [-0.3, -0.25) is 9.59 Å². The zero-order valence-corrected chi connectivity index (χ0v) is 20.3. The van der Waals surface area contributed by atoms with Crippen molar-refractivity contribution in [2.24, 2.45) is 5.73 Å². The van der Waals surface area contributed by atoms with Crippen LogP contribution in [-0.4, -0.2) is 53.0 Å². The molecule has 0 radical (unpaired) electrons. The maximum atomic E-state index is 13.4. The number of rotatable bonds is 4. The van der Waals surface area contributed by atoms with E-state index in [-0.39, 0.29) is 5.91 Å². The summed E-state index contributed by atoms with van der Waals surface area (Å²) < 4.78 is 5.40. The number of pyridine rings is 2. The molecule has 0 aliphatic carbocycles. The number of nitrogen functional groups attached to an aromatic ring is 1. The van der Waals surface area contributed by atoms with E-state index >= 15 is 0 Å². The molecule has 0 atom stereocenters. The highest BCUT2D eigenvalue weighted by Gasteiger charge is 2.32. The molecule has 6 rings (SSSR count). The molecule has 4 N–H and O–H groups in total. The van der Waals surface area contributed by atoms with Crippen molar-refractivity contribution < 1.29 is 14.3 Å². The number of ether oxygens (including phenoxy) is 1. The molecule has 4 aromatic rings. The van der Waals surface area contributed by atoms with E-state index in [9.17, 15) is 9.59 Å². The number of hydrogen-bond donors (Lipinski definition) is 2. The smallest absolute Gasteiger partial charge is 0.260 e. The van der Waals surface area contributed by atoms with Crippen molar-refractivity contribution in [1.82, 2.24) is 14.9 Å². The zero-order valence-electron chi connectivity index (χ0n) is 18.7. The largest absolute Gasteiger partial charge is 0.397 e. The van der Waals surface area contributed by atoms with Gasteiger partial charge in [0.05, 0.1) is 36.7 Å². The third-order valence-electron chi connectivity index (χ3n) is 6.36. The molecule has 6 heterocycles. The van der Waals surface area contributed by atoms with Gasteiger partial charge in [-0.05, 0) is 23.6 Å². The lowest BCUT2D eigenvalue weighted by molar-refractivity contribution is 0.0750. The number of nitrogens with two attached hydrogens (primary N) is 2. The first-order chi connectivity index (χ1) is 17.0. The Labute approximate surface area is 208 Å². The number of fused-ring (bicyclic) bond motifs is 2. The van der Waals surface area contributed by atoms with Crippen molar-refractivity contribution in [2.45, 2.75) is 13.1 Å². The minimum atomic E-state index is -0.562. The van der Waals surface area contributed by atoms with Crippen LogP contribution in [-0.2, 0) is 17.8 Å². The fourth-order valence-electron chi connectivity index (χ4n) is 4.66. The Morgan fingerprint density at radius 3 is 2.63 bits per heavy atom. The van der Waals surface area contributed by atoms with Gasteiger partial charge in [-0.2, -0.15) is 0 Å². The van der Waals surface area contributed by atoms with Crippen molar-refractivity contribution in [3.8, 4) is 10.4 Å². The number of carbonyl (C=O) groups excluding carboxylic acids is 2. The Morgan fingerprint density at radius 1 is 1.11 bits per heavy atom. The fraction of sp³-hybridized carbons (Fsp3) is 0.250. The highest BCUT2D eigenvalue weighted by molar-refractivity contribution is 7.21. The number of amides is 2. The Hall–Kier alpha value is -3.54. The van der Waals surface area contributed by atoms with E-state index < -0.39 is 5.91 Å². The summed E-state index contributed by atoms with van der Waals surface area (Å²) in [5.41, 5.74) is 15.5. The van der Waals surface area contributed by atoms with Crippen LogP contribution < -0.4 is 16.4 Å². The third kappa shape index (κ3) is 3.72. The van der Waals surface area contributed by atoms with Crippen molar-refractivity contribution in [1.29, 1.82) is 0 Å². The van der Waals surface area contributed by atoms with Gasteiger partial charge < -0.3 is 26.0 Å². The standard InChI is InChI=1S/C24H22N6O3S2/c25-20-19-18(16-2-1-9-34-16)14-11-30(12-15(14)28-23(19)35-21(20)22(26)31)24(32)13-3-4-17(27-10-13)29-5-7-33-8-6-29/h1-4,9-10H,5-8,11-12,25H2,(H2,26,31). The van der Waals surface area contributed by atoms with Gasteiger partial charge in [0.1, 0.15) is 15.5 Å². The van der Waals surface area contributed by atoms with E-state index in [2.05, 4.69) is 9.88 Å². The van der Waals surface area contributed by atoms with Gasteiger partial charge in [0.2, 0.25) is 0 Å². The Kier molecular flexibility index (Phi) is 5.39. The second kappa shape index (κ2) is 8.59. The molecular weight excluding hydrogens is 484 g/mol. The van der Waals surface area contributed by atoms with Crippen LogP contribution in [0.1, 0.15) is 31.3 Å². The lowest BCUT2D eigenvalue weighted by Crippen LogP contribution is -2.36. The molecule has 0 saturated carbocycles. The predicted molar refractivity (Wildman–Crippen MR) is 137 cm³/mol. The number of primary amides is 1. The van der Waals surface area contributed by atoms with Gasteiger partial charge in [-0.1, -0.05) is 6.07 Å². The summed E-state index contributed by atoms with van der Waals surface area (Å²) in [7, 11) is 0. The molecular formula is C24H22N6O3S2. The predicted octanol–water partition coefficient (Wildman–Crippen LogP) is 3.09. The van der Waals surface area contributed by atoms with E-state index in [1.54, 1.807) is 22.4 Å². The molecule has 2 amide bonds. The van der Waals surface area contributed by atoms with E-state index in [1.807, 2.05) is 29.6 Å². The molecule has 1 fully saturated rings. The normalized spacial score (nSPS) is 15.5. The summed E-state index contributed by atoms with van der Waals surface area (Å²) in [5, 5.41) is 2.72. The molecule has 2 aliphatic heterocycles. The third-order valence-corrected chi connectivity index (χ3v) is 8.36. The molecule has 4 aromatic heterocycles. The van der Waals surface area contributed by atoms with Crippen molar-refractivity contribution in [3.63, 3.8) is 0 Å². The van der Waals surface area contributed by atoms with Crippen LogP contribution in [0.5, 0.6) is 0 Å². The first-order valence-electron chi connectivity index (χ1n) is 11.2. The van der Waals surface area contributed by atoms with Crippen LogP contribution in [0, 0.1) is 0 Å². The van der Waals surface area contributed by atoms with Gasteiger partial charge in [0, 0.05) is 47.2 Å². The number of nitrogens with zero attached hydrogens (tertiary/aromatic N) is 4. The van der Waals surface area contributed by atoms with Gasteiger partial charge in [-0.25, -0.2) is 9.97 Å². The lowest BCUT2D eigenvalue weighted by Gasteiger charge is -2.27. The van der Waals surface area contributed by atoms with Crippen molar-refractivity contribution >= 4 is 56.2 Å². The molecule has 0 unspecified atom stereocenters. The number of anilines is 2. The first kappa shape index (κ1) is 22.0. The quantitative estimate of drug-likeness (QED) is 0.435. The van der Waals surface area contributed by atoms with Crippen LogP contribution in [0.4, 0.5) is 11.5 Å². The van der Waals surface area contributed by atoms with Gasteiger partial charge in [-0.15, -0.1) is 22.7 Å². The molecule has 2 aliphatic rings. The van der Waals surface area contributed by atoms with Gasteiger partial charge in [0.15, 0.2) is 0 Å². The topological polar surface area (TPSA) is 128 Å². The highest BCUT2D eigenvalue weighted by Crippen LogP contribution is 2.45. The summed E-state index contributed by atoms with van der Waals surface area (Å²) in [6, 6.07) is 7.70. The Balaban J connectivity index is 1.34. The molecule has 0 bridgehead atoms. The number of thiophene rings is 2. The van der Waals surface area contributed by atoms with E-state index in [4.69, 9.17) is 21.2 Å². The molecule has 0 spiro atoms. The molecule has 1 saturated heterocycles. The summed E-state index contributed by atoms with van der Waals surface area (Å²) in [6.07, 6.45) is 1.64. The van der Waals surface area contributed by atoms with Crippen molar-refractivity contribution in [3.05, 3.63) is 57.5 Å². The number of hydrogen-bond acceptors (Lipinski definition) is 9. The highest BCUT2D eigenvalue weighted by atomic mass is 32.1. The summed E-state index contributed by atoms with van der Waals surface area (Å²) in [5.74, 6) is 0.181. The fourth-order valence-corrected chi connectivity index (χ4v) is 6.44. The zero-order chi connectivity index (χ0) is 24.1. The van der Waals surface area contributed by atoms with Crippen LogP contribution in [0.25, 0.3) is 20.7 Å². The Bertz CT molecular complexity index is 1440. The average molecular weight is 507 g/mol. The van der Waals surface area contributed by atoms with Crippen LogP contribution >= 0.6 is 22.7 Å². The first-order valence-corrected chi connectivity index (χ1v) is 12.9. The molecule has 35 heavy (non-hydrogen) atoms. The second-order valence-corrected chi connectivity index (χ2v) is 10.4. The van der Waals surface area contributed by atoms with Gasteiger partial charge in [0.25, 0.3) is 11.8 Å². The van der Waals surface area contributed by atoms with E-state index in [1.165, 1.54) is 11.3 Å². The van der Waals surface area contributed by atoms with Gasteiger partial charge >= 0.3 is 0 Å². The molecule has 11 heteroatoms. The second-order valence-electron chi connectivity index (χ2n) is 8.44. The molecule has 0 aromatic carbocycles. The minimum absolute atomic E-state index is 0.102. The average Bonchev–Trinajstić information content (AvgIpc) is 3.62. The summed E-state index contributed by atoms with van der Waals surface area (Å²) in [6.45, 7) is 3.70. The number of aromatic nitrogens is 2. The number of morpholine rings is 1. The number of carbonyl (C=O) groups is 2. The summed E-state index contributed by atoms with van der Waals surface area (Å²) >= 11 is 2.78. The van der Waals surface area contributed by atoms with Crippen molar-refractivity contribution in [2.75, 3.05) is 36.9 Å². The van der Waals surface area contributed by atoms with Crippen LogP contribution in [0.3, 0.4) is 0 Å². The molecule has 178 valence electrons. The maximum Gasteiger partial charge on any atom is 0.260 e. The SMILES string of the molecule is NC(=O)c1sc2nc3c(c(-c4cccs4)c2c1N)CN(C(=O)c1ccc(N2CCOCC2)nc1)C3. The lowest BCUT2D eigenvalue weighted by atomic mass is 10.0. The maximum absolute atomic E-state index is 13.4. The van der Waals surface area contributed by atoms with Crippen LogP contribution in [0.15, 0.2) is 35.8 Å². The minimum Gasteiger partial charge on any atom is -0.397 e. The summed E-state index contributed by atoms with van der Waals surface area (Å²) in [4.78, 5) is 40.5. The monoisotopic (exact) mass is 506 g/mol.